The molecular formula is C49H56N2O15. The van der Waals surface area contributed by atoms with Crippen LogP contribution in [-0.4, -0.2) is 140 Å². The van der Waals surface area contributed by atoms with Gasteiger partial charge in [0.1, 0.15) is 41.0 Å². The van der Waals surface area contributed by atoms with Crippen LogP contribution < -0.4 is 10.8 Å². The van der Waals surface area contributed by atoms with Gasteiger partial charge in [-0.2, -0.15) is 0 Å². The molecule has 0 amide bonds. The van der Waals surface area contributed by atoms with Crippen molar-refractivity contribution in [3.63, 3.8) is 0 Å². The molecule has 17 nitrogen and oxygen atoms in total. The number of benzene rings is 3. The lowest BCUT2D eigenvalue weighted by Gasteiger charge is -2.54. The van der Waals surface area contributed by atoms with Gasteiger partial charge in [-0.05, 0) is 65.4 Å². The van der Waals surface area contributed by atoms with Crippen LogP contribution >= 0.6 is 0 Å². The molecule has 352 valence electrons. The van der Waals surface area contributed by atoms with E-state index in [4.69, 9.17) is 28.1 Å². The second-order valence-corrected chi connectivity index (χ2v) is 19.3. The Balaban J connectivity index is 1.14. The quantitative estimate of drug-likeness (QED) is 0.137. The molecule has 3 saturated heterocycles. The molecule has 3 aromatic carbocycles. The Bertz CT molecular complexity index is 2780. The molecule has 15 unspecified atom stereocenters. The standard InChI is InChI=1S/C49H56N2O15/c1-20-13-34(54)49(60)40-25(11-12-48(49,18-20)66-36-15-30(51(5)6)45(23(4)63-36)64-35-17-32(53)42(56)22(3)62-35)43(57)39-38-27(14-26(44(39)58)33-16-31(52)41(55)21(2)61-33)37(47(59)65-46(38)40)28-19-50-29-10-8-7-9-24(28)29/h7-12,14,19-23,30-33,35-36,41-42,45,52-53,55-58,60H,13,15-18H2,1-6H3. The molecule has 1 aromatic heterocycles. The van der Waals surface area contributed by atoms with Gasteiger partial charge in [0, 0.05) is 76.5 Å². The number of likely N-dealkylation sites (N-methyl/N-ethyl adjacent to an activating group) is 1. The maximum Gasteiger partial charge on any atom is 0.344 e. The lowest BCUT2D eigenvalue weighted by molar-refractivity contribution is -0.325. The van der Waals surface area contributed by atoms with E-state index in [9.17, 15) is 45.3 Å². The Hall–Kier alpha value is -4.63. The number of fused-ring (bicyclic) bond motifs is 5. The minimum Gasteiger partial charge on any atom is -0.507 e. The van der Waals surface area contributed by atoms with Crippen molar-refractivity contribution in [3.8, 4) is 11.5 Å². The van der Waals surface area contributed by atoms with Crippen molar-refractivity contribution in [2.24, 2.45) is 10.9 Å². The Morgan fingerprint density at radius 2 is 1.55 bits per heavy atom. The number of para-hydroxylation sites is 1. The smallest absolute Gasteiger partial charge is 0.344 e. The summed E-state index contributed by atoms with van der Waals surface area (Å²) in [6.45, 7) is 6.91. The number of aliphatic hydroxyl groups excluding tert-OH is 4. The van der Waals surface area contributed by atoms with Crippen LogP contribution in [0.2, 0.25) is 0 Å². The molecule has 7 N–H and O–H groups in total. The van der Waals surface area contributed by atoms with E-state index in [0.29, 0.717) is 16.8 Å². The first-order chi connectivity index (χ1) is 31.3. The van der Waals surface area contributed by atoms with Crippen molar-refractivity contribution in [1.82, 2.24) is 4.90 Å². The number of aliphatic imine (C=N–C) groups is 1. The summed E-state index contributed by atoms with van der Waals surface area (Å²) in [7, 11) is 3.74. The number of nitrogens with zero attached hydrogens (tertiary/aromatic N) is 2. The summed E-state index contributed by atoms with van der Waals surface area (Å²) in [5.74, 6) is -1.94. The van der Waals surface area contributed by atoms with E-state index in [0.717, 1.165) is 0 Å². The fourth-order valence-electron chi connectivity index (χ4n) is 11.4. The van der Waals surface area contributed by atoms with Gasteiger partial charge in [0.05, 0.1) is 52.9 Å². The summed E-state index contributed by atoms with van der Waals surface area (Å²) in [5, 5.41) is 80.5. The number of aromatic hydroxyl groups is 2. The highest BCUT2D eigenvalue weighted by molar-refractivity contribution is 6.22. The van der Waals surface area contributed by atoms with Gasteiger partial charge in [-0.1, -0.05) is 31.2 Å². The van der Waals surface area contributed by atoms with Gasteiger partial charge in [-0.25, -0.2) is 4.79 Å². The average Bonchev–Trinajstić information content (AvgIpc) is 3.68. The Morgan fingerprint density at radius 3 is 2.26 bits per heavy atom. The minimum atomic E-state index is -2.58. The van der Waals surface area contributed by atoms with Crippen LogP contribution in [0.15, 0.2) is 50.6 Å². The van der Waals surface area contributed by atoms with Crippen molar-refractivity contribution in [3.05, 3.63) is 74.3 Å². The molecule has 66 heavy (non-hydrogen) atoms. The zero-order chi connectivity index (χ0) is 46.9. The number of ether oxygens (including phenoxy) is 5. The van der Waals surface area contributed by atoms with Crippen LogP contribution in [-0.2, 0) is 34.1 Å². The largest absolute Gasteiger partial charge is 0.507 e. The van der Waals surface area contributed by atoms with Crippen molar-refractivity contribution in [2.75, 3.05) is 14.1 Å². The van der Waals surface area contributed by atoms with E-state index < -0.39 is 102 Å². The summed E-state index contributed by atoms with van der Waals surface area (Å²) in [6, 6.07) is 8.35. The minimum absolute atomic E-state index is 0.0329. The third kappa shape index (κ3) is 6.81. The second kappa shape index (κ2) is 16.3. The molecule has 2 aliphatic carbocycles. The number of hydrogen-bond acceptors (Lipinski definition) is 17. The van der Waals surface area contributed by atoms with Gasteiger partial charge in [-0.3, -0.25) is 9.79 Å². The molecule has 4 aliphatic heterocycles. The fourth-order valence-corrected chi connectivity index (χ4v) is 11.4. The molecule has 10 rings (SSSR count). The predicted molar refractivity (Wildman–Crippen MR) is 238 cm³/mol. The number of hydrogen-bond donors (Lipinski definition) is 7. The number of carbonyl (C=O) groups is 1. The van der Waals surface area contributed by atoms with Gasteiger partial charge in [0.25, 0.3) is 0 Å². The average molecular weight is 913 g/mol. The Kier molecular flexibility index (Phi) is 11.1. The van der Waals surface area contributed by atoms with Crippen molar-refractivity contribution < 1.29 is 68.6 Å². The van der Waals surface area contributed by atoms with E-state index in [2.05, 4.69) is 4.99 Å². The van der Waals surface area contributed by atoms with Gasteiger partial charge in [0.2, 0.25) is 0 Å². The number of rotatable bonds is 6. The van der Waals surface area contributed by atoms with Crippen LogP contribution in [0.25, 0.3) is 33.4 Å². The molecule has 6 aliphatic rings. The van der Waals surface area contributed by atoms with Crippen LogP contribution in [0.3, 0.4) is 0 Å². The molecule has 1 saturated carbocycles. The predicted octanol–water partition coefficient (Wildman–Crippen LogP) is 2.84. The zero-order valence-corrected chi connectivity index (χ0v) is 37.5. The number of phenols is 2. The second-order valence-electron chi connectivity index (χ2n) is 19.3. The third-order valence-corrected chi connectivity index (χ3v) is 14.8. The highest BCUT2D eigenvalue weighted by Gasteiger charge is 2.64. The van der Waals surface area contributed by atoms with Crippen LogP contribution in [0.5, 0.6) is 11.5 Å². The number of Topliss-reactive ketones (excluding diaryl/α,β-unsaturated/α-hetero) is 1. The molecule has 17 heteroatoms. The summed E-state index contributed by atoms with van der Waals surface area (Å²) < 4.78 is 38.2. The molecule has 4 aromatic rings. The van der Waals surface area contributed by atoms with E-state index >= 15 is 0 Å². The highest BCUT2D eigenvalue weighted by atomic mass is 16.7. The first-order valence-electron chi connectivity index (χ1n) is 22.7. The van der Waals surface area contributed by atoms with Gasteiger partial charge in [0.15, 0.2) is 24.0 Å². The highest BCUT2D eigenvalue weighted by Crippen LogP contribution is 2.58. The van der Waals surface area contributed by atoms with Gasteiger partial charge < -0.3 is 68.7 Å². The molecule has 15 atom stereocenters. The topological polar surface area (TPSA) is 251 Å². The van der Waals surface area contributed by atoms with Crippen molar-refractivity contribution in [1.29, 1.82) is 0 Å². The Labute approximate surface area is 379 Å². The fraction of sp³-hybridized carbons (Fsp3) is 0.531. The number of phenolic OH excluding ortho intramolecular Hbond substituents is 2. The lowest BCUT2D eigenvalue weighted by Crippen LogP contribution is -2.65. The van der Waals surface area contributed by atoms with Crippen LogP contribution in [0.4, 0.5) is 5.69 Å². The molecule has 0 spiro atoms. The first kappa shape index (κ1) is 45.2. The van der Waals surface area contributed by atoms with Gasteiger partial charge >= 0.3 is 5.63 Å². The van der Waals surface area contributed by atoms with Crippen molar-refractivity contribution >= 4 is 51.1 Å². The van der Waals surface area contributed by atoms with Crippen LogP contribution in [0, 0.1) is 5.92 Å². The summed E-state index contributed by atoms with van der Waals surface area (Å²) in [5.41, 5.74) is -4.11. The third-order valence-electron chi connectivity index (χ3n) is 14.8. The molecule has 0 radical (unpaired) electrons. The Morgan fingerprint density at radius 1 is 0.848 bits per heavy atom. The molecule has 0 bridgehead atoms. The van der Waals surface area contributed by atoms with Crippen molar-refractivity contribution in [2.45, 2.75) is 145 Å². The number of aliphatic hydroxyl groups is 5. The zero-order valence-electron chi connectivity index (χ0n) is 37.5. The maximum atomic E-state index is 14.8. The van der Waals surface area contributed by atoms with E-state index in [1.165, 1.54) is 24.4 Å². The lowest BCUT2D eigenvalue weighted by atomic mass is 9.60. The number of carbonyl (C=O) groups excluding carboxylic acids is 1. The maximum absolute atomic E-state index is 14.8. The first-order valence-corrected chi connectivity index (χ1v) is 22.7. The normalized spacial score (nSPS) is 38.5. The SMILES string of the molecule is CC1CC(=O)C2(O)c3c(c(O)c4c(O)c(C5CC(O)C(O)C(C)O5)cc5c(=C6C=Nc7ccccc76)c(=O)oc3c45)C=CC2(OC2CC(N(C)C)C(OC3CC(O)C(O)C(C)O3)C(C)O2)C1. The van der Waals surface area contributed by atoms with E-state index in [1.54, 1.807) is 39.0 Å². The molecular weight excluding hydrogens is 857 g/mol. The summed E-state index contributed by atoms with van der Waals surface area (Å²) in [6.07, 6.45) is -5.48. The molecule has 5 heterocycles. The van der Waals surface area contributed by atoms with Crippen LogP contribution in [0.1, 0.15) is 88.2 Å². The van der Waals surface area contributed by atoms with E-state index in [1.807, 2.05) is 32.0 Å². The molecule has 4 fully saturated rings. The monoisotopic (exact) mass is 912 g/mol. The number of ketones is 1. The summed E-state index contributed by atoms with van der Waals surface area (Å²) >= 11 is 0. The summed E-state index contributed by atoms with van der Waals surface area (Å²) in [4.78, 5) is 36.1. The van der Waals surface area contributed by atoms with E-state index in [-0.39, 0.29) is 87.7 Å². The van der Waals surface area contributed by atoms with Gasteiger partial charge in [-0.15, -0.1) is 0 Å².